The molecule has 0 fully saturated rings. The number of halogens is 4. The van der Waals surface area contributed by atoms with Crippen molar-refractivity contribution in [2.45, 2.75) is 25.7 Å². The molecule has 2 N–H and O–H groups in total. The van der Waals surface area contributed by atoms with E-state index in [1.807, 2.05) is 30.3 Å². The first kappa shape index (κ1) is 25.7. The molecule has 0 bridgehead atoms. The molecule has 9 heteroatoms. The molecule has 0 aliphatic heterocycles. The fourth-order valence-corrected chi connectivity index (χ4v) is 2.71. The van der Waals surface area contributed by atoms with E-state index in [-0.39, 0.29) is 36.3 Å². The Balaban J connectivity index is 0.00000450. The van der Waals surface area contributed by atoms with Crippen molar-refractivity contribution in [2.24, 2.45) is 4.99 Å². The third kappa shape index (κ3) is 8.60. The minimum Gasteiger partial charge on any atom is -0.356 e. The number of hydrogen-bond donors (Lipinski definition) is 2. The lowest BCUT2D eigenvalue weighted by Crippen LogP contribution is -2.40. The molecule has 0 heterocycles. The first-order valence-electron chi connectivity index (χ1n) is 9.18. The fraction of sp³-hybridized carbons (Fsp3) is 0.333. The van der Waals surface area contributed by atoms with Crippen LogP contribution in [0, 0.1) is 0 Å². The number of guanidine groups is 1. The summed E-state index contributed by atoms with van der Waals surface area (Å²) in [6, 6.07) is 14.7. The van der Waals surface area contributed by atoms with E-state index in [1.165, 1.54) is 12.1 Å². The molecule has 0 spiro atoms. The van der Waals surface area contributed by atoms with Crippen LogP contribution < -0.4 is 10.6 Å². The van der Waals surface area contributed by atoms with Gasteiger partial charge in [0.2, 0.25) is 5.91 Å². The molecule has 0 saturated heterocycles. The average Bonchev–Trinajstić information content (AvgIpc) is 2.70. The molecule has 5 nitrogen and oxygen atoms in total. The van der Waals surface area contributed by atoms with Gasteiger partial charge in [-0.05, 0) is 23.3 Å². The smallest absolute Gasteiger partial charge is 0.356 e. The number of rotatable bonds is 7. The van der Waals surface area contributed by atoms with Gasteiger partial charge < -0.3 is 15.5 Å². The summed E-state index contributed by atoms with van der Waals surface area (Å²) in [6.07, 6.45) is -4.07. The van der Waals surface area contributed by atoms with Gasteiger partial charge >= 0.3 is 6.18 Å². The van der Waals surface area contributed by atoms with E-state index in [9.17, 15) is 18.0 Å². The molecule has 0 unspecified atom stereocenters. The predicted octanol–water partition coefficient (Wildman–Crippen LogP) is 4.04. The number of benzene rings is 2. The standard InChI is InChI=1S/C21H25F3N4O.HI/c1-25-20(26-13-12-19(29)27-14-16-6-4-3-5-7-16)28(2)15-17-8-10-18(11-9-17)21(22,23)24;/h3-11H,12-15H2,1-2H3,(H,25,26)(H,27,29);1H. The Morgan fingerprint density at radius 3 is 2.20 bits per heavy atom. The number of carbonyl (C=O) groups is 1. The lowest BCUT2D eigenvalue weighted by molar-refractivity contribution is -0.137. The normalized spacial score (nSPS) is 11.4. The van der Waals surface area contributed by atoms with Crippen LogP contribution >= 0.6 is 24.0 Å². The summed E-state index contributed by atoms with van der Waals surface area (Å²) < 4.78 is 37.9. The van der Waals surface area contributed by atoms with E-state index in [0.29, 0.717) is 25.6 Å². The Bertz CT molecular complexity index is 811. The van der Waals surface area contributed by atoms with Gasteiger partial charge in [0.1, 0.15) is 0 Å². The van der Waals surface area contributed by atoms with Crippen molar-refractivity contribution >= 4 is 35.8 Å². The van der Waals surface area contributed by atoms with Gasteiger partial charge in [-0.25, -0.2) is 0 Å². The largest absolute Gasteiger partial charge is 0.416 e. The average molecular weight is 534 g/mol. The second kappa shape index (κ2) is 12.4. The van der Waals surface area contributed by atoms with Crippen LogP contribution in [0.25, 0.3) is 0 Å². The molecule has 0 aliphatic rings. The van der Waals surface area contributed by atoms with E-state index < -0.39 is 11.7 Å². The maximum Gasteiger partial charge on any atom is 0.416 e. The van der Waals surface area contributed by atoms with E-state index in [2.05, 4.69) is 15.6 Å². The summed E-state index contributed by atoms with van der Waals surface area (Å²) in [4.78, 5) is 17.9. The molecule has 0 radical (unpaired) electrons. The first-order chi connectivity index (χ1) is 13.8. The zero-order chi connectivity index (χ0) is 21.3. The lowest BCUT2D eigenvalue weighted by atomic mass is 10.1. The van der Waals surface area contributed by atoms with Crippen LogP contribution in [0.1, 0.15) is 23.1 Å². The van der Waals surface area contributed by atoms with Crippen molar-refractivity contribution in [2.75, 3.05) is 20.6 Å². The van der Waals surface area contributed by atoms with Crippen LogP contribution in [0.2, 0.25) is 0 Å². The number of alkyl halides is 3. The highest BCUT2D eigenvalue weighted by Crippen LogP contribution is 2.29. The molecule has 30 heavy (non-hydrogen) atoms. The third-order valence-corrected chi connectivity index (χ3v) is 4.24. The lowest BCUT2D eigenvalue weighted by Gasteiger charge is -2.22. The summed E-state index contributed by atoms with van der Waals surface area (Å²) in [7, 11) is 3.39. The van der Waals surface area contributed by atoms with E-state index in [1.54, 1.807) is 19.0 Å². The molecule has 2 aromatic rings. The van der Waals surface area contributed by atoms with Gasteiger partial charge in [-0.2, -0.15) is 13.2 Å². The highest BCUT2D eigenvalue weighted by Gasteiger charge is 2.29. The topological polar surface area (TPSA) is 56.7 Å². The zero-order valence-electron chi connectivity index (χ0n) is 16.9. The van der Waals surface area contributed by atoms with Crippen LogP contribution in [0.5, 0.6) is 0 Å². The highest BCUT2D eigenvalue weighted by atomic mass is 127. The first-order valence-corrected chi connectivity index (χ1v) is 9.18. The van der Waals surface area contributed by atoms with Gasteiger partial charge in [-0.15, -0.1) is 24.0 Å². The summed E-state index contributed by atoms with van der Waals surface area (Å²) >= 11 is 0. The van der Waals surface area contributed by atoms with Crippen LogP contribution in [0.4, 0.5) is 13.2 Å². The highest BCUT2D eigenvalue weighted by molar-refractivity contribution is 14.0. The Kier molecular flexibility index (Phi) is 10.6. The number of nitrogens with zero attached hydrogens (tertiary/aromatic N) is 2. The molecular weight excluding hydrogens is 508 g/mol. The van der Waals surface area contributed by atoms with Crippen molar-refractivity contribution in [3.05, 3.63) is 71.3 Å². The van der Waals surface area contributed by atoms with E-state index >= 15 is 0 Å². The van der Waals surface area contributed by atoms with E-state index in [0.717, 1.165) is 23.3 Å². The number of nitrogens with one attached hydrogen (secondary N) is 2. The summed E-state index contributed by atoms with van der Waals surface area (Å²) in [5.41, 5.74) is 1.08. The Labute approximate surface area is 191 Å². The Hall–Kier alpha value is -2.30. The van der Waals surface area contributed by atoms with Gasteiger partial charge in [-0.1, -0.05) is 42.5 Å². The van der Waals surface area contributed by atoms with Gasteiger partial charge in [0.25, 0.3) is 0 Å². The molecule has 164 valence electrons. The summed E-state index contributed by atoms with van der Waals surface area (Å²) in [5.74, 6) is 0.475. The minimum atomic E-state index is -4.34. The molecule has 1 amide bonds. The Morgan fingerprint density at radius 2 is 1.63 bits per heavy atom. The molecular formula is C21H26F3IN4O. The van der Waals surface area contributed by atoms with Crippen LogP contribution in [0.3, 0.4) is 0 Å². The monoisotopic (exact) mass is 534 g/mol. The van der Waals surface area contributed by atoms with Gasteiger partial charge in [-0.3, -0.25) is 9.79 Å². The maximum atomic E-state index is 12.6. The van der Waals surface area contributed by atoms with Crippen molar-refractivity contribution in [1.82, 2.24) is 15.5 Å². The molecule has 2 rings (SSSR count). The van der Waals surface area contributed by atoms with Crippen LogP contribution in [0.15, 0.2) is 59.6 Å². The molecule has 2 aromatic carbocycles. The number of amides is 1. The number of aliphatic imine (C=N–C) groups is 1. The maximum absolute atomic E-state index is 12.6. The van der Waals surface area contributed by atoms with Crippen molar-refractivity contribution < 1.29 is 18.0 Å². The molecule has 0 atom stereocenters. The second-order valence-electron chi connectivity index (χ2n) is 6.54. The van der Waals surface area contributed by atoms with Crippen LogP contribution in [-0.4, -0.2) is 37.4 Å². The number of carbonyl (C=O) groups excluding carboxylic acids is 1. The zero-order valence-corrected chi connectivity index (χ0v) is 19.2. The van der Waals surface area contributed by atoms with Gasteiger partial charge in [0.05, 0.1) is 5.56 Å². The molecule has 0 saturated carbocycles. The van der Waals surface area contributed by atoms with Gasteiger partial charge in [0.15, 0.2) is 5.96 Å². The van der Waals surface area contributed by atoms with Crippen molar-refractivity contribution in [3.8, 4) is 0 Å². The van der Waals surface area contributed by atoms with Crippen molar-refractivity contribution in [3.63, 3.8) is 0 Å². The van der Waals surface area contributed by atoms with E-state index in [4.69, 9.17) is 0 Å². The fourth-order valence-electron chi connectivity index (χ4n) is 2.71. The Morgan fingerprint density at radius 1 is 1.00 bits per heavy atom. The van der Waals surface area contributed by atoms with Crippen LogP contribution in [-0.2, 0) is 24.1 Å². The van der Waals surface area contributed by atoms with Crippen molar-refractivity contribution in [1.29, 1.82) is 0 Å². The number of hydrogen-bond acceptors (Lipinski definition) is 2. The summed E-state index contributed by atoms with van der Waals surface area (Å²) in [5, 5.41) is 5.94. The van der Waals surface area contributed by atoms with Gasteiger partial charge in [0, 0.05) is 40.2 Å². The SMILES string of the molecule is CN=C(NCCC(=O)NCc1ccccc1)N(C)Cc1ccc(C(F)(F)F)cc1.I. The molecule has 0 aliphatic carbocycles. The summed E-state index contributed by atoms with van der Waals surface area (Å²) in [6.45, 7) is 1.25. The third-order valence-electron chi connectivity index (χ3n) is 4.24. The quantitative estimate of drug-likeness (QED) is 0.321. The molecule has 0 aromatic heterocycles. The minimum absolute atomic E-state index is 0. The second-order valence-corrected chi connectivity index (χ2v) is 6.54. The predicted molar refractivity (Wildman–Crippen MR) is 123 cm³/mol.